The van der Waals surface area contributed by atoms with Gasteiger partial charge >= 0.3 is 6.09 Å². The summed E-state index contributed by atoms with van der Waals surface area (Å²) in [5.74, 6) is 0. The van der Waals surface area contributed by atoms with E-state index in [4.69, 9.17) is 4.55 Å². The minimum absolute atomic E-state index is 0.528. The van der Waals surface area contributed by atoms with Crippen molar-refractivity contribution in [1.82, 2.24) is 0 Å². The van der Waals surface area contributed by atoms with Crippen LogP contribution in [0.25, 0.3) is 0 Å². The molecule has 0 fully saturated rings. The van der Waals surface area contributed by atoms with Crippen molar-refractivity contribution in [1.29, 1.82) is 0 Å². The van der Waals surface area contributed by atoms with Crippen LogP contribution in [0.3, 0.4) is 0 Å². The highest BCUT2D eigenvalue weighted by atomic mass is 32.2. The largest absolute Gasteiger partial charge is 0.453 e. The van der Waals surface area contributed by atoms with Crippen LogP contribution < -0.4 is 5.32 Å². The third kappa shape index (κ3) is 2.96. The van der Waals surface area contributed by atoms with E-state index in [2.05, 4.69) is 10.1 Å². The Labute approximate surface area is 80.1 Å². The number of rotatable bonds is 2. The SMILES string of the molecule is COC(=O)Nc1cccc(SO)c1. The molecule has 0 saturated carbocycles. The maximum Gasteiger partial charge on any atom is 0.411 e. The van der Waals surface area contributed by atoms with Crippen molar-refractivity contribution in [3.05, 3.63) is 24.3 Å². The molecule has 0 aliphatic heterocycles. The van der Waals surface area contributed by atoms with Crippen LogP contribution in [-0.2, 0) is 4.74 Å². The molecule has 1 aromatic carbocycles. The average molecular weight is 199 g/mol. The first-order valence-corrected chi connectivity index (χ1v) is 4.30. The number of carbonyl (C=O) groups excluding carboxylic acids is 1. The molecular formula is C8H9NO3S. The molecule has 0 aliphatic rings. The molecule has 0 radical (unpaired) electrons. The summed E-state index contributed by atoms with van der Waals surface area (Å²) in [5.41, 5.74) is 0.589. The van der Waals surface area contributed by atoms with Crippen LogP contribution in [-0.4, -0.2) is 17.8 Å². The van der Waals surface area contributed by atoms with Crippen LogP contribution in [0.4, 0.5) is 10.5 Å². The van der Waals surface area contributed by atoms with Gasteiger partial charge in [0.2, 0.25) is 0 Å². The van der Waals surface area contributed by atoms with Crippen LogP contribution >= 0.6 is 12.0 Å². The van der Waals surface area contributed by atoms with Gasteiger partial charge in [-0.25, -0.2) is 4.79 Å². The Hall–Kier alpha value is -1.20. The topological polar surface area (TPSA) is 58.6 Å². The van der Waals surface area contributed by atoms with Crippen LogP contribution in [0.15, 0.2) is 29.2 Å². The lowest BCUT2D eigenvalue weighted by Gasteiger charge is -2.03. The monoisotopic (exact) mass is 199 g/mol. The fourth-order valence-corrected chi connectivity index (χ4v) is 1.12. The van der Waals surface area contributed by atoms with Gasteiger partial charge < -0.3 is 9.29 Å². The Morgan fingerprint density at radius 3 is 3.00 bits per heavy atom. The zero-order valence-electron chi connectivity index (χ0n) is 6.98. The number of benzene rings is 1. The molecule has 0 unspecified atom stereocenters. The van der Waals surface area contributed by atoms with Gasteiger partial charge in [0.1, 0.15) is 0 Å². The summed E-state index contributed by atoms with van der Waals surface area (Å²) in [6, 6.07) is 6.80. The molecule has 0 atom stereocenters. The minimum Gasteiger partial charge on any atom is -0.453 e. The van der Waals surface area contributed by atoms with Crippen LogP contribution in [0.5, 0.6) is 0 Å². The normalized spacial score (nSPS) is 9.38. The van der Waals surface area contributed by atoms with Crippen molar-refractivity contribution in [2.75, 3.05) is 12.4 Å². The lowest BCUT2D eigenvalue weighted by atomic mass is 10.3. The Balaban J connectivity index is 2.71. The Morgan fingerprint density at radius 1 is 1.62 bits per heavy atom. The molecule has 0 spiro atoms. The summed E-state index contributed by atoms with van der Waals surface area (Å²) in [4.78, 5) is 11.4. The second-order valence-corrected chi connectivity index (χ2v) is 2.89. The summed E-state index contributed by atoms with van der Waals surface area (Å²) in [5, 5.41) is 2.48. The molecule has 1 amide bonds. The van der Waals surface area contributed by atoms with Crippen molar-refractivity contribution in [2.45, 2.75) is 4.90 Å². The van der Waals surface area contributed by atoms with Gasteiger partial charge in [0, 0.05) is 22.6 Å². The number of methoxy groups -OCH3 is 1. The highest BCUT2D eigenvalue weighted by Gasteiger charge is 2.00. The Bertz CT molecular complexity index is 303. The number of hydrogen-bond acceptors (Lipinski definition) is 4. The molecule has 70 valence electrons. The van der Waals surface area contributed by atoms with E-state index in [1.165, 1.54) is 7.11 Å². The van der Waals surface area contributed by atoms with Crippen molar-refractivity contribution in [3.63, 3.8) is 0 Å². The van der Waals surface area contributed by atoms with E-state index in [0.717, 1.165) is 0 Å². The molecule has 4 nitrogen and oxygen atoms in total. The first kappa shape index (κ1) is 9.88. The fourth-order valence-electron chi connectivity index (χ4n) is 0.800. The summed E-state index contributed by atoms with van der Waals surface area (Å²) in [6.07, 6.45) is -0.528. The first-order valence-electron chi connectivity index (χ1n) is 3.52. The van der Waals surface area contributed by atoms with Crippen molar-refractivity contribution < 1.29 is 14.1 Å². The summed E-state index contributed by atoms with van der Waals surface area (Å²) >= 11 is 0.626. The Morgan fingerprint density at radius 2 is 2.38 bits per heavy atom. The molecular weight excluding hydrogens is 190 g/mol. The van der Waals surface area contributed by atoms with Crippen molar-refractivity contribution >= 4 is 23.8 Å². The number of amides is 1. The lowest BCUT2D eigenvalue weighted by Crippen LogP contribution is -2.10. The maximum atomic E-state index is 10.8. The van der Waals surface area contributed by atoms with Gasteiger partial charge in [-0.15, -0.1) is 0 Å². The summed E-state index contributed by atoms with van der Waals surface area (Å²) in [6.45, 7) is 0. The quantitative estimate of drug-likeness (QED) is 0.718. The zero-order valence-corrected chi connectivity index (χ0v) is 7.80. The molecule has 0 saturated heterocycles. The number of nitrogens with one attached hydrogen (secondary N) is 1. The van der Waals surface area contributed by atoms with Gasteiger partial charge in [0.05, 0.1) is 7.11 Å². The number of carbonyl (C=O) groups is 1. The second-order valence-electron chi connectivity index (χ2n) is 2.24. The third-order valence-corrected chi connectivity index (χ3v) is 1.84. The van der Waals surface area contributed by atoms with Crippen molar-refractivity contribution in [2.24, 2.45) is 0 Å². The van der Waals surface area contributed by atoms with Crippen LogP contribution in [0, 0.1) is 0 Å². The maximum absolute atomic E-state index is 10.8. The van der Waals surface area contributed by atoms with E-state index in [1.54, 1.807) is 24.3 Å². The van der Waals surface area contributed by atoms with Gasteiger partial charge in [-0.1, -0.05) is 6.07 Å². The standard InChI is InChI=1S/C8H9NO3S/c1-12-8(10)9-6-3-2-4-7(5-6)13-11/h2-5,11H,1H3,(H,9,10). The van der Waals surface area contributed by atoms with Crippen LogP contribution in [0.2, 0.25) is 0 Å². The number of ether oxygens (including phenoxy) is 1. The van der Waals surface area contributed by atoms with E-state index in [9.17, 15) is 4.79 Å². The van der Waals surface area contributed by atoms with Gasteiger partial charge in [0.25, 0.3) is 0 Å². The van der Waals surface area contributed by atoms with E-state index in [1.807, 2.05) is 0 Å². The molecule has 0 aromatic heterocycles. The van der Waals surface area contributed by atoms with Gasteiger partial charge in [-0.3, -0.25) is 5.32 Å². The average Bonchev–Trinajstić information content (AvgIpc) is 2.18. The minimum atomic E-state index is -0.528. The predicted molar refractivity (Wildman–Crippen MR) is 51.0 cm³/mol. The van der Waals surface area contributed by atoms with Gasteiger partial charge in [0.15, 0.2) is 0 Å². The molecule has 1 rings (SSSR count). The third-order valence-electron chi connectivity index (χ3n) is 1.37. The van der Waals surface area contributed by atoms with Crippen molar-refractivity contribution in [3.8, 4) is 0 Å². The molecule has 0 aliphatic carbocycles. The molecule has 13 heavy (non-hydrogen) atoms. The fraction of sp³-hybridized carbons (Fsp3) is 0.125. The second kappa shape index (κ2) is 4.74. The van der Waals surface area contributed by atoms with E-state index in [0.29, 0.717) is 22.6 Å². The van der Waals surface area contributed by atoms with Crippen LogP contribution in [0.1, 0.15) is 0 Å². The highest BCUT2D eigenvalue weighted by Crippen LogP contribution is 2.18. The zero-order chi connectivity index (χ0) is 9.68. The molecule has 2 N–H and O–H groups in total. The first-order chi connectivity index (χ1) is 6.26. The number of anilines is 1. The van der Waals surface area contributed by atoms with Gasteiger partial charge in [-0.2, -0.15) is 0 Å². The van der Waals surface area contributed by atoms with E-state index in [-0.39, 0.29) is 0 Å². The van der Waals surface area contributed by atoms with Gasteiger partial charge in [-0.05, 0) is 18.2 Å². The lowest BCUT2D eigenvalue weighted by molar-refractivity contribution is 0.187. The molecule has 0 heterocycles. The summed E-state index contributed by atoms with van der Waals surface area (Å²) < 4.78 is 13.1. The smallest absolute Gasteiger partial charge is 0.411 e. The van der Waals surface area contributed by atoms with E-state index >= 15 is 0 Å². The Kier molecular flexibility index (Phi) is 3.60. The number of hydrogen-bond donors (Lipinski definition) is 2. The molecule has 1 aromatic rings. The molecule has 0 bridgehead atoms. The highest BCUT2D eigenvalue weighted by molar-refractivity contribution is 7.93. The molecule has 5 heteroatoms. The van der Waals surface area contributed by atoms with E-state index < -0.39 is 6.09 Å². The predicted octanol–water partition coefficient (Wildman–Crippen LogP) is 2.43. The summed E-state index contributed by atoms with van der Waals surface area (Å²) in [7, 11) is 1.29.